The molecule has 1 aliphatic carbocycles. The third-order valence-electron chi connectivity index (χ3n) is 8.15. The Morgan fingerprint density at radius 1 is 0.919 bits per heavy atom. The molecule has 2 aliphatic heterocycles. The molecular weight excluding hydrogens is 466 g/mol. The summed E-state index contributed by atoms with van der Waals surface area (Å²) in [6.07, 6.45) is 0.815. The van der Waals surface area contributed by atoms with Gasteiger partial charge in [-0.05, 0) is 59.7 Å². The molecule has 0 N–H and O–H groups in total. The van der Waals surface area contributed by atoms with E-state index in [-0.39, 0.29) is 42.4 Å². The lowest BCUT2D eigenvalue weighted by Crippen LogP contribution is -2.60. The molecule has 2 atom stereocenters. The van der Waals surface area contributed by atoms with Gasteiger partial charge in [-0.1, -0.05) is 54.6 Å². The summed E-state index contributed by atoms with van der Waals surface area (Å²) < 4.78 is 17.1. The van der Waals surface area contributed by atoms with Crippen molar-refractivity contribution in [2.75, 3.05) is 26.9 Å². The normalized spacial score (nSPS) is 22.2. The zero-order chi connectivity index (χ0) is 25.5. The molecule has 0 saturated carbocycles. The summed E-state index contributed by atoms with van der Waals surface area (Å²) in [7, 11) is 1.60. The third-order valence-corrected chi connectivity index (χ3v) is 8.15. The van der Waals surface area contributed by atoms with Gasteiger partial charge in [-0.15, -0.1) is 0 Å². The first-order valence-electron chi connectivity index (χ1n) is 12.9. The zero-order valence-corrected chi connectivity index (χ0v) is 21.2. The second kappa shape index (κ2) is 9.67. The van der Waals surface area contributed by atoms with Crippen LogP contribution in [0.15, 0.2) is 66.7 Å². The number of ether oxygens (including phenoxy) is 3. The van der Waals surface area contributed by atoms with Gasteiger partial charge in [-0.2, -0.15) is 0 Å². The van der Waals surface area contributed by atoms with Crippen molar-refractivity contribution in [2.24, 2.45) is 5.92 Å². The van der Waals surface area contributed by atoms with Crippen molar-refractivity contribution in [3.63, 3.8) is 0 Å². The van der Waals surface area contributed by atoms with E-state index in [0.29, 0.717) is 37.4 Å². The smallest absolute Gasteiger partial charge is 0.410 e. The highest BCUT2D eigenvalue weighted by Gasteiger charge is 2.45. The molecule has 6 heteroatoms. The van der Waals surface area contributed by atoms with E-state index in [4.69, 9.17) is 14.2 Å². The first-order chi connectivity index (χ1) is 18.0. The standard InChI is InChI=1S/C31H31NO5/c1-19-11-12-23(35-2)15-28(19)30(33)20-13-21-16-36-17-22(14-20)32(21)31(34)37-18-29-26-9-5-3-7-24(26)25-8-4-6-10-27(25)29/h3-12,15,20-22,29H,13-14,16-18H2,1-2H3. The average molecular weight is 498 g/mol. The number of benzene rings is 3. The first-order valence-corrected chi connectivity index (χ1v) is 12.9. The summed E-state index contributed by atoms with van der Waals surface area (Å²) in [4.78, 5) is 28.8. The van der Waals surface area contributed by atoms with Crippen molar-refractivity contribution < 1.29 is 23.8 Å². The summed E-state index contributed by atoms with van der Waals surface area (Å²) in [6.45, 7) is 3.07. The molecule has 6 rings (SSSR count). The molecule has 2 bridgehead atoms. The second-order valence-corrected chi connectivity index (χ2v) is 10.3. The van der Waals surface area contributed by atoms with Crippen molar-refractivity contribution in [3.05, 3.63) is 89.0 Å². The van der Waals surface area contributed by atoms with E-state index < -0.39 is 0 Å². The van der Waals surface area contributed by atoms with Crippen LogP contribution in [0.25, 0.3) is 11.1 Å². The van der Waals surface area contributed by atoms with Crippen molar-refractivity contribution in [3.8, 4) is 16.9 Å². The van der Waals surface area contributed by atoms with Crippen LogP contribution in [-0.2, 0) is 9.47 Å². The Morgan fingerprint density at radius 2 is 1.54 bits per heavy atom. The van der Waals surface area contributed by atoms with Crippen LogP contribution in [0.4, 0.5) is 4.79 Å². The predicted octanol–water partition coefficient (Wildman–Crippen LogP) is 5.61. The minimum absolute atomic E-state index is 0.0163. The highest BCUT2D eigenvalue weighted by atomic mass is 16.6. The van der Waals surface area contributed by atoms with Crippen LogP contribution < -0.4 is 4.74 Å². The number of hydrogen-bond donors (Lipinski definition) is 0. The van der Waals surface area contributed by atoms with E-state index >= 15 is 0 Å². The number of ketones is 1. The minimum atomic E-state index is -0.316. The second-order valence-electron chi connectivity index (χ2n) is 10.3. The number of carbonyl (C=O) groups excluding carboxylic acids is 2. The van der Waals surface area contributed by atoms with Crippen LogP contribution in [0, 0.1) is 12.8 Å². The van der Waals surface area contributed by atoms with E-state index in [9.17, 15) is 9.59 Å². The predicted molar refractivity (Wildman–Crippen MR) is 140 cm³/mol. The highest BCUT2D eigenvalue weighted by Crippen LogP contribution is 2.45. The van der Waals surface area contributed by atoms with Crippen LogP contribution in [0.1, 0.15) is 45.8 Å². The minimum Gasteiger partial charge on any atom is -0.497 e. The molecule has 190 valence electrons. The number of aryl methyl sites for hydroxylation is 1. The third kappa shape index (κ3) is 4.19. The van der Waals surface area contributed by atoms with Gasteiger partial charge < -0.3 is 14.2 Å². The summed E-state index contributed by atoms with van der Waals surface area (Å²) in [5.74, 6) is 0.638. The number of rotatable bonds is 5. The Morgan fingerprint density at radius 3 is 2.16 bits per heavy atom. The van der Waals surface area contributed by atoms with Crippen LogP contribution in [0.2, 0.25) is 0 Å². The van der Waals surface area contributed by atoms with Crippen LogP contribution in [-0.4, -0.2) is 55.8 Å². The van der Waals surface area contributed by atoms with Gasteiger partial charge in [0.2, 0.25) is 0 Å². The molecule has 0 spiro atoms. The van der Waals surface area contributed by atoms with E-state index in [0.717, 1.165) is 5.56 Å². The molecule has 3 aliphatic rings. The van der Waals surface area contributed by atoms with E-state index in [1.54, 1.807) is 7.11 Å². The molecule has 6 nitrogen and oxygen atoms in total. The van der Waals surface area contributed by atoms with Crippen molar-refractivity contribution in [1.29, 1.82) is 0 Å². The van der Waals surface area contributed by atoms with Gasteiger partial charge in [0.1, 0.15) is 12.4 Å². The number of piperidine rings is 1. The molecule has 1 amide bonds. The maximum atomic E-state index is 13.5. The topological polar surface area (TPSA) is 65.1 Å². The SMILES string of the molecule is COc1ccc(C)c(C(=O)C2CC3COCC(C2)N3C(=O)OCC2c3ccccc3-c3ccccc32)c1. The van der Waals surface area contributed by atoms with Crippen LogP contribution >= 0.6 is 0 Å². The molecule has 0 aromatic heterocycles. The summed E-state index contributed by atoms with van der Waals surface area (Å²) in [6, 6.07) is 21.9. The Bertz CT molecular complexity index is 1290. The number of hydrogen-bond acceptors (Lipinski definition) is 5. The van der Waals surface area contributed by atoms with E-state index in [1.807, 2.05) is 54.3 Å². The molecule has 3 aromatic carbocycles. The molecule has 2 heterocycles. The Balaban J connectivity index is 1.17. The molecule has 3 aromatic rings. The number of fused-ring (bicyclic) bond motifs is 5. The van der Waals surface area contributed by atoms with Gasteiger partial charge >= 0.3 is 6.09 Å². The number of nitrogens with zero attached hydrogens (tertiary/aromatic N) is 1. The first kappa shape index (κ1) is 23.7. The highest BCUT2D eigenvalue weighted by molar-refractivity contribution is 5.99. The molecule has 2 fully saturated rings. The fourth-order valence-corrected chi connectivity index (χ4v) is 6.31. The van der Waals surface area contributed by atoms with Gasteiger partial charge in [-0.3, -0.25) is 9.69 Å². The fraction of sp³-hybridized carbons (Fsp3) is 0.355. The summed E-state index contributed by atoms with van der Waals surface area (Å²) in [5.41, 5.74) is 6.42. The molecule has 0 radical (unpaired) electrons. The van der Waals surface area contributed by atoms with Crippen molar-refractivity contribution in [2.45, 2.75) is 37.8 Å². The number of methoxy groups -OCH3 is 1. The maximum absolute atomic E-state index is 13.5. The average Bonchev–Trinajstić information content (AvgIpc) is 3.24. The van der Waals surface area contributed by atoms with Gasteiger partial charge in [0.05, 0.1) is 32.4 Å². The van der Waals surface area contributed by atoms with E-state index in [2.05, 4.69) is 24.3 Å². The quantitative estimate of drug-likeness (QED) is 0.429. The lowest BCUT2D eigenvalue weighted by Gasteiger charge is -2.47. The number of Topliss-reactive ketones (excluding diaryl/α,β-unsaturated/α-hetero) is 1. The number of morpholine rings is 1. The Kier molecular flexibility index (Phi) is 6.21. The van der Waals surface area contributed by atoms with Crippen molar-refractivity contribution >= 4 is 11.9 Å². The van der Waals surface area contributed by atoms with Gasteiger partial charge in [0.25, 0.3) is 0 Å². The maximum Gasteiger partial charge on any atom is 0.410 e. The zero-order valence-electron chi connectivity index (χ0n) is 21.2. The summed E-state index contributed by atoms with van der Waals surface area (Å²) in [5, 5.41) is 0. The van der Waals surface area contributed by atoms with Gasteiger partial charge in [-0.25, -0.2) is 4.79 Å². The Labute approximate surface area is 217 Å². The largest absolute Gasteiger partial charge is 0.497 e. The van der Waals surface area contributed by atoms with E-state index in [1.165, 1.54) is 22.3 Å². The summed E-state index contributed by atoms with van der Waals surface area (Å²) >= 11 is 0. The molecular formula is C31H31NO5. The monoisotopic (exact) mass is 497 g/mol. The number of amides is 1. The lowest BCUT2D eigenvalue weighted by molar-refractivity contribution is -0.0747. The number of carbonyl (C=O) groups is 2. The van der Waals surface area contributed by atoms with Gasteiger partial charge in [0.15, 0.2) is 5.78 Å². The molecule has 2 saturated heterocycles. The lowest BCUT2D eigenvalue weighted by atomic mass is 9.80. The van der Waals surface area contributed by atoms with Crippen molar-refractivity contribution in [1.82, 2.24) is 4.90 Å². The molecule has 37 heavy (non-hydrogen) atoms. The molecule has 2 unspecified atom stereocenters. The van der Waals surface area contributed by atoms with Gasteiger partial charge in [0, 0.05) is 17.4 Å². The van der Waals surface area contributed by atoms with Crippen LogP contribution in [0.3, 0.4) is 0 Å². The van der Waals surface area contributed by atoms with Crippen LogP contribution in [0.5, 0.6) is 5.75 Å². The Hall–Kier alpha value is -3.64. The fourth-order valence-electron chi connectivity index (χ4n) is 6.31.